The minimum Gasteiger partial charge on any atom is -0.497 e. The van der Waals surface area contributed by atoms with Crippen molar-refractivity contribution in [2.75, 3.05) is 32.7 Å². The van der Waals surface area contributed by atoms with Crippen molar-refractivity contribution in [3.63, 3.8) is 0 Å². The molecule has 5 heterocycles. The molecule has 5 bridgehead atoms. The number of hydrogen-bond acceptors (Lipinski definition) is 7. The van der Waals surface area contributed by atoms with Gasteiger partial charge < -0.3 is 19.1 Å². The Morgan fingerprint density at radius 1 is 1.25 bits per heavy atom. The molecular weight excluding hydrogens is 408 g/mol. The Morgan fingerprint density at radius 3 is 2.69 bits per heavy atom. The number of nitrogens with zero attached hydrogens (tertiary/aromatic N) is 2. The van der Waals surface area contributed by atoms with Crippen LogP contribution in [0, 0.1) is 11.3 Å². The average Bonchev–Trinajstić information content (AvgIpc) is 3.18. The van der Waals surface area contributed by atoms with E-state index in [-0.39, 0.29) is 36.0 Å². The van der Waals surface area contributed by atoms with Crippen LogP contribution in [0.3, 0.4) is 0 Å². The van der Waals surface area contributed by atoms with Crippen molar-refractivity contribution < 1.29 is 23.8 Å². The van der Waals surface area contributed by atoms with Gasteiger partial charge in [-0.2, -0.15) is 0 Å². The van der Waals surface area contributed by atoms with E-state index in [9.17, 15) is 9.59 Å². The van der Waals surface area contributed by atoms with Crippen molar-refractivity contribution in [1.82, 2.24) is 4.90 Å². The Kier molecular flexibility index (Phi) is 3.94. The molecule has 170 valence electrons. The summed E-state index contributed by atoms with van der Waals surface area (Å²) in [5, 5.41) is 0. The third-order valence-corrected chi connectivity index (χ3v) is 9.27. The Hall–Kier alpha value is -2.54. The number of carbonyl (C=O) groups is 2. The van der Waals surface area contributed by atoms with Crippen LogP contribution in [0.1, 0.15) is 32.3 Å². The molecule has 5 aliphatic heterocycles. The average molecular weight is 439 g/mol. The number of ether oxygens (including phenoxy) is 3. The number of benzene rings is 1. The van der Waals surface area contributed by atoms with Crippen LogP contribution in [0.25, 0.3) is 0 Å². The SMILES string of the molecule is CC=C1CN2C3CC1C1(C(=O)OC)C2CC2(c4cc(OC)ccc4N(C)C32)C1OC(C)=O. The van der Waals surface area contributed by atoms with Crippen LogP contribution in [0.2, 0.25) is 0 Å². The molecule has 0 radical (unpaired) electrons. The molecule has 1 aromatic rings. The number of allylic oxidation sites excluding steroid dienone is 1. The molecular formula is C25H30N2O5. The highest BCUT2D eigenvalue weighted by atomic mass is 16.6. The number of esters is 2. The zero-order chi connectivity index (χ0) is 22.6. The third-order valence-electron chi connectivity index (χ3n) is 9.27. The van der Waals surface area contributed by atoms with Crippen LogP contribution >= 0.6 is 0 Å². The Labute approximate surface area is 188 Å². The number of hydrogen-bond donors (Lipinski definition) is 0. The lowest BCUT2D eigenvalue weighted by Gasteiger charge is -2.61. The van der Waals surface area contributed by atoms with Gasteiger partial charge in [-0.05, 0) is 43.5 Å². The summed E-state index contributed by atoms with van der Waals surface area (Å²) < 4.78 is 17.3. The van der Waals surface area contributed by atoms with Gasteiger partial charge in [-0.25, -0.2) is 0 Å². The largest absolute Gasteiger partial charge is 0.497 e. The quantitative estimate of drug-likeness (QED) is 0.530. The normalized spacial score (nSPS) is 43.3. The van der Waals surface area contributed by atoms with Gasteiger partial charge in [0.25, 0.3) is 0 Å². The highest BCUT2D eigenvalue weighted by molar-refractivity contribution is 5.85. The molecule has 1 aliphatic carbocycles. The lowest BCUT2D eigenvalue weighted by atomic mass is 9.58. The van der Waals surface area contributed by atoms with E-state index in [0.29, 0.717) is 0 Å². The van der Waals surface area contributed by atoms with Crippen molar-refractivity contribution in [2.24, 2.45) is 11.3 Å². The third kappa shape index (κ3) is 1.94. The fourth-order valence-electron chi connectivity index (χ4n) is 8.45. The molecule has 0 N–H and O–H groups in total. The van der Waals surface area contributed by atoms with Crippen molar-refractivity contribution in [1.29, 1.82) is 0 Å². The van der Waals surface area contributed by atoms with Gasteiger partial charge in [0.15, 0.2) is 0 Å². The first-order chi connectivity index (χ1) is 15.4. The minimum atomic E-state index is -0.905. The van der Waals surface area contributed by atoms with Crippen molar-refractivity contribution >= 4 is 17.6 Å². The standard InChI is InChI=1S/C25H30N2O5/c1-6-14-12-27-19-10-16(14)25(23(29)31-5)20(27)11-24(22(25)32-13(2)28)17-9-15(30-4)7-8-18(17)26(3)21(19)24/h6-9,16,19-22H,10-12H2,1-5H3. The van der Waals surface area contributed by atoms with Gasteiger partial charge in [-0.3, -0.25) is 14.5 Å². The smallest absolute Gasteiger partial charge is 0.317 e. The van der Waals surface area contributed by atoms with Crippen molar-refractivity contribution in [3.05, 3.63) is 35.4 Å². The first kappa shape index (κ1) is 20.1. The first-order valence-electron chi connectivity index (χ1n) is 11.4. The molecule has 5 fully saturated rings. The molecule has 7 nitrogen and oxygen atoms in total. The maximum atomic E-state index is 13.8. The zero-order valence-electron chi connectivity index (χ0n) is 19.3. The molecule has 0 aromatic heterocycles. The number of methoxy groups -OCH3 is 2. The Morgan fingerprint density at radius 2 is 2.03 bits per heavy atom. The lowest BCUT2D eigenvalue weighted by molar-refractivity contribution is -0.187. The summed E-state index contributed by atoms with van der Waals surface area (Å²) in [6.45, 7) is 4.36. The maximum Gasteiger partial charge on any atom is 0.317 e. The van der Waals surface area contributed by atoms with E-state index in [1.54, 1.807) is 7.11 Å². The highest BCUT2D eigenvalue weighted by Gasteiger charge is 2.84. The van der Waals surface area contributed by atoms with E-state index in [4.69, 9.17) is 14.2 Å². The molecule has 1 aromatic carbocycles. The highest BCUT2D eigenvalue weighted by Crippen LogP contribution is 2.73. The van der Waals surface area contributed by atoms with E-state index in [2.05, 4.69) is 35.1 Å². The van der Waals surface area contributed by atoms with Crippen LogP contribution < -0.4 is 9.64 Å². The molecule has 1 spiro atoms. The number of anilines is 1. The summed E-state index contributed by atoms with van der Waals surface area (Å²) in [6, 6.07) is 6.55. The number of fused-ring (bicyclic) bond motifs is 2. The summed E-state index contributed by atoms with van der Waals surface area (Å²) >= 11 is 0. The summed E-state index contributed by atoms with van der Waals surface area (Å²) in [5.74, 6) is 0.184. The first-order valence-corrected chi connectivity index (χ1v) is 11.4. The number of likely N-dealkylation sites (N-methyl/N-ethyl adjacent to an activating group) is 1. The predicted octanol–water partition coefficient (Wildman–Crippen LogP) is 2.28. The summed E-state index contributed by atoms with van der Waals surface area (Å²) in [4.78, 5) is 31.2. The van der Waals surface area contributed by atoms with E-state index >= 15 is 0 Å². The van der Waals surface area contributed by atoms with Gasteiger partial charge in [0.1, 0.15) is 17.3 Å². The van der Waals surface area contributed by atoms with Crippen LogP contribution in [-0.4, -0.2) is 68.9 Å². The number of carbonyl (C=O) groups excluding carboxylic acids is 2. The van der Waals surface area contributed by atoms with Crippen LogP contribution in [0.5, 0.6) is 5.75 Å². The van der Waals surface area contributed by atoms with Crippen LogP contribution in [0.4, 0.5) is 5.69 Å². The van der Waals surface area contributed by atoms with Crippen molar-refractivity contribution in [2.45, 2.75) is 56.3 Å². The topological polar surface area (TPSA) is 68.3 Å². The molecule has 0 amide bonds. The molecule has 1 saturated carbocycles. The van der Waals surface area contributed by atoms with E-state index in [1.165, 1.54) is 19.6 Å². The Balaban J connectivity index is 1.68. The lowest BCUT2D eigenvalue weighted by Crippen LogP contribution is -2.71. The Bertz CT molecular complexity index is 1070. The van der Waals surface area contributed by atoms with Crippen LogP contribution in [0.15, 0.2) is 29.8 Å². The second-order valence-electron chi connectivity index (χ2n) is 10.0. The van der Waals surface area contributed by atoms with E-state index in [0.717, 1.165) is 36.4 Å². The van der Waals surface area contributed by atoms with E-state index in [1.807, 2.05) is 13.0 Å². The fourth-order valence-corrected chi connectivity index (χ4v) is 8.45. The summed E-state index contributed by atoms with van der Waals surface area (Å²) in [5.41, 5.74) is 2.12. The molecule has 8 unspecified atom stereocenters. The van der Waals surface area contributed by atoms with Gasteiger partial charge in [0.2, 0.25) is 0 Å². The van der Waals surface area contributed by atoms with Gasteiger partial charge in [-0.15, -0.1) is 0 Å². The molecule has 6 aliphatic rings. The molecule has 32 heavy (non-hydrogen) atoms. The predicted molar refractivity (Wildman–Crippen MR) is 118 cm³/mol. The number of piperidine rings is 4. The molecule has 7 rings (SSSR count). The van der Waals surface area contributed by atoms with Gasteiger partial charge in [0.05, 0.1) is 25.7 Å². The maximum absolute atomic E-state index is 13.8. The molecule has 4 saturated heterocycles. The molecule has 8 atom stereocenters. The second-order valence-corrected chi connectivity index (χ2v) is 10.0. The minimum absolute atomic E-state index is 0.0109. The van der Waals surface area contributed by atoms with Gasteiger partial charge in [0, 0.05) is 44.2 Å². The summed E-state index contributed by atoms with van der Waals surface area (Å²) in [6.07, 6.45) is 3.18. The van der Waals surface area contributed by atoms with Gasteiger partial charge >= 0.3 is 11.9 Å². The van der Waals surface area contributed by atoms with Crippen molar-refractivity contribution in [3.8, 4) is 5.75 Å². The zero-order valence-corrected chi connectivity index (χ0v) is 19.3. The monoisotopic (exact) mass is 438 g/mol. The fraction of sp³-hybridized carbons (Fsp3) is 0.600. The van der Waals surface area contributed by atoms with Gasteiger partial charge in [-0.1, -0.05) is 11.6 Å². The van der Waals surface area contributed by atoms with E-state index < -0.39 is 16.9 Å². The summed E-state index contributed by atoms with van der Waals surface area (Å²) in [7, 11) is 5.26. The van der Waals surface area contributed by atoms with Crippen LogP contribution in [-0.2, 0) is 24.5 Å². The second kappa shape index (κ2) is 6.28. The number of rotatable bonds is 3. The molecule has 7 heteroatoms.